The summed E-state index contributed by atoms with van der Waals surface area (Å²) in [6, 6.07) is 63.2. The fourth-order valence-electron chi connectivity index (χ4n) is 8.56. The van der Waals surface area contributed by atoms with Crippen LogP contribution in [0.2, 0.25) is 0 Å². The third-order valence-corrected chi connectivity index (χ3v) is 23.0. The van der Waals surface area contributed by atoms with Crippen molar-refractivity contribution in [1.29, 1.82) is 0 Å². The first-order chi connectivity index (χ1) is 26.5. The van der Waals surface area contributed by atoms with Crippen molar-refractivity contribution in [2.75, 3.05) is 12.3 Å². The fraction of sp³-hybridized carbons (Fsp3) is 0.245. The Labute approximate surface area is 323 Å². The molecule has 6 aromatic carbocycles. The summed E-state index contributed by atoms with van der Waals surface area (Å²) in [6.07, 6.45) is 9.03. The molecule has 6 rings (SSSR count). The first-order valence-electron chi connectivity index (χ1n) is 19.8. The number of carbonyl (C=O) groups excluding carboxylic acids is 1. The van der Waals surface area contributed by atoms with Gasteiger partial charge in [-0.3, -0.25) is 0 Å². The second-order valence-electron chi connectivity index (χ2n) is 14.4. The Hall–Kier alpha value is -4.55. The number of rotatable bonds is 18. The molecule has 0 fully saturated rings. The number of carbonyl (C=O) groups is 1. The molecule has 6 aromatic rings. The van der Waals surface area contributed by atoms with Crippen LogP contribution in [-0.4, -0.2) is 18.5 Å². The van der Waals surface area contributed by atoms with Crippen LogP contribution in [0.15, 0.2) is 182 Å². The first-order valence-corrected chi connectivity index (χ1v) is 24.5. The SMILES string of the molecule is CCCCCCP(OC(=O)OP(CCCCCC)(c1ccccc1)(c1ccccc1)c1ccccc1)(c1ccccc1)(c1ccccc1)c1ccccc1. The van der Waals surface area contributed by atoms with Crippen molar-refractivity contribution in [1.82, 2.24) is 0 Å². The summed E-state index contributed by atoms with van der Waals surface area (Å²) >= 11 is 0. The van der Waals surface area contributed by atoms with Gasteiger partial charge in [0.2, 0.25) is 0 Å². The van der Waals surface area contributed by atoms with Gasteiger partial charge in [-0.2, -0.15) is 0 Å². The van der Waals surface area contributed by atoms with Gasteiger partial charge in [-0.1, -0.05) is 0 Å². The zero-order chi connectivity index (χ0) is 37.6. The molecule has 0 aliphatic carbocycles. The second-order valence-corrected chi connectivity index (χ2v) is 23.6. The molecule has 0 unspecified atom stereocenters. The third-order valence-electron chi connectivity index (χ3n) is 11.2. The van der Waals surface area contributed by atoms with Crippen LogP contribution < -0.4 is 31.8 Å². The van der Waals surface area contributed by atoms with E-state index in [0.717, 1.165) is 83.2 Å². The van der Waals surface area contributed by atoms with E-state index < -0.39 is 19.8 Å². The van der Waals surface area contributed by atoms with Crippen molar-refractivity contribution in [2.45, 2.75) is 65.2 Å². The Kier molecular flexibility index (Phi) is 12.9. The quantitative estimate of drug-likeness (QED) is 0.0647. The molecule has 3 nitrogen and oxygen atoms in total. The summed E-state index contributed by atoms with van der Waals surface area (Å²) in [5.74, 6) is 0. The summed E-state index contributed by atoms with van der Waals surface area (Å²) in [7, 11) is 0. The van der Waals surface area contributed by atoms with Crippen molar-refractivity contribution in [2.24, 2.45) is 0 Å². The van der Waals surface area contributed by atoms with Gasteiger partial charge < -0.3 is 0 Å². The number of unbranched alkanes of at least 4 members (excludes halogenated alkanes) is 6. The van der Waals surface area contributed by atoms with Gasteiger partial charge in [0.15, 0.2) is 0 Å². The molecule has 0 atom stereocenters. The maximum absolute atomic E-state index is 15.9. The van der Waals surface area contributed by atoms with Gasteiger partial charge in [-0.15, -0.1) is 0 Å². The van der Waals surface area contributed by atoms with Crippen molar-refractivity contribution < 1.29 is 13.8 Å². The van der Waals surface area contributed by atoms with Crippen molar-refractivity contribution in [3.05, 3.63) is 182 Å². The van der Waals surface area contributed by atoms with Gasteiger partial charge in [0.1, 0.15) is 0 Å². The van der Waals surface area contributed by atoms with Crippen LogP contribution >= 0.6 is 13.7 Å². The average Bonchev–Trinajstić information content (AvgIpc) is 3.25. The predicted molar refractivity (Wildman–Crippen MR) is 236 cm³/mol. The second kappa shape index (κ2) is 17.7. The van der Waals surface area contributed by atoms with E-state index >= 15 is 4.79 Å². The topological polar surface area (TPSA) is 35.5 Å². The molecule has 0 aliphatic rings. The van der Waals surface area contributed by atoms with Crippen LogP contribution in [0.25, 0.3) is 0 Å². The minimum absolute atomic E-state index is 0.621. The standard InChI is InChI=1S/C49H56O3P2/c1-3-5-7-27-41-53(43-29-15-9-16-30-43,44-31-17-10-18-32-44,45-33-19-11-20-34-45)51-49(50)52-54(42-28-8-6-4-2,46-35-21-12-22-36-46,47-37-23-13-24-38-47)48-39-25-14-26-40-48/h9-26,29-40H,3-8,27-28,41-42H2,1-2H3. The molecule has 5 heteroatoms. The van der Waals surface area contributed by atoms with Crippen LogP contribution in [0.5, 0.6) is 0 Å². The molecule has 0 spiro atoms. The Morgan fingerprint density at radius 2 is 0.574 bits per heavy atom. The maximum atomic E-state index is 15.9. The Morgan fingerprint density at radius 1 is 0.352 bits per heavy atom. The number of hydrogen-bond acceptors (Lipinski definition) is 3. The Bertz CT molecular complexity index is 1680. The van der Waals surface area contributed by atoms with E-state index in [2.05, 4.69) is 159 Å². The molecule has 0 bridgehead atoms. The monoisotopic (exact) mass is 754 g/mol. The van der Waals surface area contributed by atoms with Crippen LogP contribution in [0, 0.1) is 0 Å². The minimum atomic E-state index is -4.06. The van der Waals surface area contributed by atoms with Crippen LogP contribution in [-0.2, 0) is 9.05 Å². The van der Waals surface area contributed by atoms with Crippen molar-refractivity contribution in [3.8, 4) is 0 Å². The molecular formula is C49H56O3P2. The normalized spacial score (nSPS) is 13.1. The first kappa shape index (κ1) is 39.2. The summed E-state index contributed by atoms with van der Waals surface area (Å²) in [5.41, 5.74) is 0. The Morgan fingerprint density at radius 3 is 0.778 bits per heavy atom. The predicted octanol–water partition coefficient (Wildman–Crippen LogP) is 11.2. The molecule has 54 heavy (non-hydrogen) atoms. The zero-order valence-corrected chi connectivity index (χ0v) is 33.8. The van der Waals surface area contributed by atoms with Crippen molar-refractivity contribution >= 4 is 51.6 Å². The zero-order valence-electron chi connectivity index (χ0n) is 32.0. The summed E-state index contributed by atoms with van der Waals surface area (Å²) in [6.45, 7) is -3.65. The molecule has 0 aliphatic heterocycles. The van der Waals surface area contributed by atoms with E-state index in [1.165, 1.54) is 0 Å². The van der Waals surface area contributed by atoms with Crippen LogP contribution in [0.4, 0.5) is 4.79 Å². The van der Waals surface area contributed by atoms with E-state index in [4.69, 9.17) is 9.05 Å². The molecule has 0 radical (unpaired) electrons. The molecule has 0 N–H and O–H groups in total. The van der Waals surface area contributed by atoms with E-state index in [1.807, 2.05) is 36.4 Å². The fourth-order valence-corrected chi connectivity index (χ4v) is 20.0. The van der Waals surface area contributed by atoms with Gasteiger partial charge in [0.25, 0.3) is 0 Å². The molecular weight excluding hydrogens is 698 g/mol. The van der Waals surface area contributed by atoms with Gasteiger partial charge in [0, 0.05) is 0 Å². The Balaban J connectivity index is 1.68. The van der Waals surface area contributed by atoms with E-state index in [0.29, 0.717) is 12.3 Å². The molecule has 0 saturated carbocycles. The molecule has 0 aromatic heterocycles. The number of benzene rings is 6. The van der Waals surface area contributed by atoms with Gasteiger partial charge >= 0.3 is 325 Å². The molecule has 0 saturated heterocycles. The third kappa shape index (κ3) is 7.18. The summed E-state index contributed by atoms with van der Waals surface area (Å²) < 4.78 is 15.3. The number of hydrogen-bond donors (Lipinski definition) is 0. The van der Waals surface area contributed by atoms with Crippen molar-refractivity contribution in [3.63, 3.8) is 0 Å². The molecule has 0 amide bonds. The van der Waals surface area contributed by atoms with Gasteiger partial charge in [-0.25, -0.2) is 0 Å². The van der Waals surface area contributed by atoms with E-state index in [1.54, 1.807) is 0 Å². The van der Waals surface area contributed by atoms with Crippen LogP contribution in [0.1, 0.15) is 65.2 Å². The van der Waals surface area contributed by atoms with Gasteiger partial charge in [-0.05, 0) is 0 Å². The van der Waals surface area contributed by atoms with E-state index in [-0.39, 0.29) is 0 Å². The average molecular weight is 755 g/mol. The van der Waals surface area contributed by atoms with E-state index in [9.17, 15) is 0 Å². The summed E-state index contributed by atoms with van der Waals surface area (Å²) in [5, 5.41) is 6.15. The van der Waals surface area contributed by atoms with Gasteiger partial charge in [0.05, 0.1) is 0 Å². The van der Waals surface area contributed by atoms with Crippen LogP contribution in [0.3, 0.4) is 0 Å². The molecule has 280 valence electrons. The molecule has 0 heterocycles. The summed E-state index contributed by atoms with van der Waals surface area (Å²) in [4.78, 5) is 15.9.